The zero-order chi connectivity index (χ0) is 32.5. The molecule has 5 rings (SSSR count). The van der Waals surface area contributed by atoms with Gasteiger partial charge in [0.1, 0.15) is 17.5 Å². The predicted octanol–water partition coefficient (Wildman–Crippen LogP) is 5.72. The van der Waals surface area contributed by atoms with Gasteiger partial charge in [-0.3, -0.25) is 4.79 Å². The molecule has 1 unspecified atom stereocenters. The second kappa shape index (κ2) is 15.2. The van der Waals surface area contributed by atoms with Gasteiger partial charge in [-0.05, 0) is 72.5 Å². The van der Waals surface area contributed by atoms with Crippen LogP contribution in [0.15, 0.2) is 131 Å². The van der Waals surface area contributed by atoms with Gasteiger partial charge in [0.25, 0.3) is 5.91 Å². The first-order valence-corrected chi connectivity index (χ1v) is 16.6. The standard InChI is InChI=1S/C36H34ClN3O5S/c37-34-18-13-28(23-40-34)35(41)32(21-26-7-3-1-4-8-26)39-20-19-25-11-14-29(15-12-25)46(43,44)30-16-17-33(31(22-30)36(38)42)45-24-27-9-5-2-6-10-27/h1-18,22-23,32,35,39,41H,19-21,24H2,(H2,38,42)/t32?,35-/m1/s1. The van der Waals surface area contributed by atoms with Crippen LogP contribution in [0.4, 0.5) is 0 Å². The fraction of sp³-hybridized carbons (Fsp3) is 0.167. The number of aliphatic hydroxyl groups excluding tert-OH is 1. The van der Waals surface area contributed by atoms with Gasteiger partial charge in [-0.1, -0.05) is 90.5 Å². The van der Waals surface area contributed by atoms with Crippen molar-refractivity contribution in [2.75, 3.05) is 6.54 Å². The summed E-state index contributed by atoms with van der Waals surface area (Å²) in [5, 5.41) is 15.0. The van der Waals surface area contributed by atoms with Crippen LogP contribution in [-0.4, -0.2) is 37.0 Å². The molecule has 1 amide bonds. The van der Waals surface area contributed by atoms with E-state index in [0.717, 1.165) is 16.7 Å². The highest BCUT2D eigenvalue weighted by Crippen LogP contribution is 2.28. The number of carbonyl (C=O) groups is 1. The summed E-state index contributed by atoms with van der Waals surface area (Å²) in [4.78, 5) is 16.3. The Labute approximate surface area is 273 Å². The average molecular weight is 656 g/mol. The molecule has 236 valence electrons. The Bertz CT molecular complexity index is 1850. The number of hydrogen-bond donors (Lipinski definition) is 3. The first-order valence-electron chi connectivity index (χ1n) is 14.7. The minimum atomic E-state index is -3.94. The monoisotopic (exact) mass is 655 g/mol. The van der Waals surface area contributed by atoms with Gasteiger partial charge < -0.3 is 20.9 Å². The molecule has 1 heterocycles. The molecule has 0 radical (unpaired) electrons. The van der Waals surface area contributed by atoms with Crippen LogP contribution >= 0.6 is 11.6 Å². The third-order valence-electron chi connectivity index (χ3n) is 7.59. The van der Waals surface area contributed by atoms with Crippen molar-refractivity contribution in [1.82, 2.24) is 10.3 Å². The molecular formula is C36H34ClN3O5S. The summed E-state index contributed by atoms with van der Waals surface area (Å²) in [5.41, 5.74) is 9.10. The minimum absolute atomic E-state index is 0.0127. The summed E-state index contributed by atoms with van der Waals surface area (Å²) < 4.78 is 32.7. The zero-order valence-electron chi connectivity index (χ0n) is 24.9. The molecule has 0 spiro atoms. The van der Waals surface area contributed by atoms with Crippen LogP contribution in [-0.2, 0) is 29.3 Å². The van der Waals surface area contributed by atoms with Crippen LogP contribution in [0, 0.1) is 0 Å². The molecule has 8 nitrogen and oxygen atoms in total. The third-order valence-corrected chi connectivity index (χ3v) is 9.58. The van der Waals surface area contributed by atoms with Gasteiger partial charge in [-0.25, -0.2) is 13.4 Å². The maximum atomic E-state index is 13.5. The fourth-order valence-corrected chi connectivity index (χ4v) is 6.46. The number of nitrogens with two attached hydrogens (primary N) is 1. The largest absolute Gasteiger partial charge is 0.488 e. The SMILES string of the molecule is NC(=O)c1cc(S(=O)(=O)c2ccc(CCNC(Cc3ccccc3)[C@H](O)c3ccc(Cl)nc3)cc2)ccc1OCc1ccccc1. The van der Waals surface area contributed by atoms with Gasteiger partial charge in [0, 0.05) is 17.8 Å². The Balaban J connectivity index is 1.25. The number of rotatable bonds is 14. The molecular weight excluding hydrogens is 622 g/mol. The van der Waals surface area contributed by atoms with Crippen LogP contribution in [0.1, 0.15) is 38.7 Å². The number of ether oxygens (including phenoxy) is 1. The predicted molar refractivity (Wildman–Crippen MR) is 177 cm³/mol. The molecule has 0 aliphatic heterocycles. The van der Waals surface area contributed by atoms with Crippen molar-refractivity contribution in [3.63, 3.8) is 0 Å². The highest BCUT2D eigenvalue weighted by atomic mass is 35.5. The maximum absolute atomic E-state index is 13.5. The Hall–Kier alpha value is -4.54. The summed E-state index contributed by atoms with van der Waals surface area (Å²) >= 11 is 5.94. The molecule has 0 aliphatic carbocycles. The summed E-state index contributed by atoms with van der Waals surface area (Å²) in [5.74, 6) is -0.577. The number of pyridine rings is 1. The van der Waals surface area contributed by atoms with E-state index < -0.39 is 21.8 Å². The molecule has 2 atom stereocenters. The summed E-state index contributed by atoms with van der Waals surface area (Å²) in [6, 6.07) is 33.1. The number of benzene rings is 4. The lowest BCUT2D eigenvalue weighted by Crippen LogP contribution is -2.38. The number of aromatic nitrogens is 1. The maximum Gasteiger partial charge on any atom is 0.252 e. The number of amides is 1. The summed E-state index contributed by atoms with van der Waals surface area (Å²) in [6.45, 7) is 0.738. The van der Waals surface area contributed by atoms with Crippen molar-refractivity contribution >= 4 is 27.3 Å². The lowest BCUT2D eigenvalue weighted by molar-refractivity contribution is 0.0995. The molecule has 46 heavy (non-hydrogen) atoms. The highest BCUT2D eigenvalue weighted by molar-refractivity contribution is 7.91. The van der Waals surface area contributed by atoms with Crippen LogP contribution < -0.4 is 15.8 Å². The number of hydrogen-bond acceptors (Lipinski definition) is 7. The summed E-state index contributed by atoms with van der Waals surface area (Å²) in [6.07, 6.45) is 1.93. The van der Waals surface area contributed by atoms with E-state index in [1.165, 1.54) is 18.2 Å². The van der Waals surface area contributed by atoms with Crippen molar-refractivity contribution in [2.45, 2.75) is 41.4 Å². The summed E-state index contributed by atoms with van der Waals surface area (Å²) in [7, 11) is -3.94. The van der Waals surface area contributed by atoms with E-state index in [0.29, 0.717) is 30.1 Å². The Morgan fingerprint density at radius 1 is 0.848 bits per heavy atom. The Morgan fingerprint density at radius 2 is 1.50 bits per heavy atom. The lowest BCUT2D eigenvalue weighted by atomic mass is 9.96. The number of aliphatic hydroxyl groups is 1. The average Bonchev–Trinajstić information content (AvgIpc) is 3.08. The van der Waals surface area contributed by atoms with Gasteiger partial charge in [-0.2, -0.15) is 0 Å². The van der Waals surface area contributed by atoms with E-state index in [-0.39, 0.29) is 33.8 Å². The van der Waals surface area contributed by atoms with E-state index in [1.807, 2.05) is 60.7 Å². The third kappa shape index (κ3) is 8.38. The number of primary amides is 1. The quantitative estimate of drug-likeness (QED) is 0.130. The molecule has 0 saturated carbocycles. The van der Waals surface area contributed by atoms with E-state index in [4.69, 9.17) is 22.1 Å². The molecule has 5 aromatic rings. The van der Waals surface area contributed by atoms with Gasteiger partial charge >= 0.3 is 0 Å². The van der Waals surface area contributed by atoms with Gasteiger partial charge in [-0.15, -0.1) is 0 Å². The molecule has 4 aromatic carbocycles. The van der Waals surface area contributed by atoms with Crippen molar-refractivity contribution in [1.29, 1.82) is 0 Å². The van der Waals surface area contributed by atoms with Gasteiger partial charge in [0.05, 0.1) is 21.5 Å². The molecule has 4 N–H and O–H groups in total. The highest BCUT2D eigenvalue weighted by Gasteiger charge is 2.23. The number of sulfone groups is 1. The smallest absolute Gasteiger partial charge is 0.252 e. The van der Waals surface area contributed by atoms with Gasteiger partial charge in [0.2, 0.25) is 9.84 Å². The minimum Gasteiger partial charge on any atom is -0.488 e. The Kier molecular flexibility index (Phi) is 10.8. The number of halogens is 1. The first kappa shape index (κ1) is 32.8. The molecule has 1 aromatic heterocycles. The van der Waals surface area contributed by atoms with Crippen molar-refractivity contribution in [2.24, 2.45) is 5.73 Å². The van der Waals surface area contributed by atoms with Crippen LogP contribution in [0.2, 0.25) is 5.15 Å². The van der Waals surface area contributed by atoms with E-state index in [2.05, 4.69) is 10.3 Å². The number of carbonyl (C=O) groups excluding carboxylic acids is 1. The Morgan fingerprint density at radius 3 is 2.13 bits per heavy atom. The van der Waals surface area contributed by atoms with E-state index in [1.54, 1.807) is 42.6 Å². The van der Waals surface area contributed by atoms with Crippen LogP contribution in [0.25, 0.3) is 0 Å². The fourth-order valence-electron chi connectivity index (χ4n) is 5.06. The first-order chi connectivity index (χ1) is 22.2. The molecule has 10 heteroatoms. The van der Waals surface area contributed by atoms with E-state index in [9.17, 15) is 18.3 Å². The molecule has 0 fully saturated rings. The normalized spacial score (nSPS) is 12.7. The lowest BCUT2D eigenvalue weighted by Gasteiger charge is -2.25. The second-order valence-corrected chi connectivity index (χ2v) is 13.1. The van der Waals surface area contributed by atoms with Crippen LogP contribution in [0.5, 0.6) is 5.75 Å². The molecule has 0 saturated heterocycles. The van der Waals surface area contributed by atoms with E-state index >= 15 is 0 Å². The van der Waals surface area contributed by atoms with Crippen molar-refractivity contribution < 1.29 is 23.1 Å². The molecule has 0 aliphatic rings. The number of nitrogens with zero attached hydrogens (tertiary/aromatic N) is 1. The number of nitrogens with one attached hydrogen (secondary N) is 1. The topological polar surface area (TPSA) is 132 Å². The molecule has 0 bridgehead atoms. The van der Waals surface area contributed by atoms with Gasteiger partial charge in [0.15, 0.2) is 0 Å². The van der Waals surface area contributed by atoms with Crippen molar-refractivity contribution in [3.05, 3.63) is 154 Å². The second-order valence-electron chi connectivity index (χ2n) is 10.8. The zero-order valence-corrected chi connectivity index (χ0v) is 26.5. The van der Waals surface area contributed by atoms with Crippen molar-refractivity contribution in [3.8, 4) is 5.75 Å². The van der Waals surface area contributed by atoms with Crippen LogP contribution in [0.3, 0.4) is 0 Å².